The SMILES string of the molecule is CC#N.CC#N.CC#N.CC#N.CC#N.CC#N.CC(C[N-]c1ccccc1[NH-])(C[N-]c1ccccc1[NH-])C[N-]c1ccccc1[NH-].CC(C[N-]c1ccccc1[NH-])(C[N-]c1ccccc1[NH-])C[N-]c1ccccc1[NH-].[Mn+2].[Mn+2].[Mn+2].[Mn+2].[Mn+3].[Mn+3].[O-2]. The molecule has 0 saturated carbocycles. The summed E-state index contributed by atoms with van der Waals surface area (Å²) >= 11 is 0. The van der Waals surface area contributed by atoms with Crippen LogP contribution in [0, 0.1) is 78.8 Å². The van der Waals surface area contributed by atoms with E-state index in [1.807, 2.05) is 109 Å². The van der Waals surface area contributed by atoms with Gasteiger partial charge in [0.05, 0.1) is 36.4 Å². The van der Waals surface area contributed by atoms with Crippen LogP contribution in [-0.2, 0) is 108 Å². The maximum atomic E-state index is 8.02. The molecule has 19 nitrogen and oxygen atoms in total. The first kappa shape index (κ1) is 95.2. The first-order chi connectivity index (χ1) is 36.4. The molecule has 0 spiro atoms. The van der Waals surface area contributed by atoms with Gasteiger partial charge in [0.25, 0.3) is 0 Å². The Morgan fingerprint density at radius 1 is 0.289 bits per heavy atom. The molecule has 6 aromatic carbocycles. The van der Waals surface area contributed by atoms with Crippen molar-refractivity contribution in [2.45, 2.75) is 55.4 Å². The van der Waals surface area contributed by atoms with E-state index in [1.165, 1.54) is 41.5 Å². The summed E-state index contributed by atoms with van der Waals surface area (Å²) in [6.45, 7) is 15.3. The van der Waals surface area contributed by atoms with Crippen LogP contribution in [-0.4, -0.2) is 39.3 Å². The molecule has 0 atom stereocenters. The number of para-hydroxylation sites is 6. The van der Waals surface area contributed by atoms with Crippen molar-refractivity contribution in [3.05, 3.63) is 212 Å². The summed E-state index contributed by atoms with van der Waals surface area (Å²) in [5, 5.41) is 71.8. The summed E-state index contributed by atoms with van der Waals surface area (Å²) < 4.78 is 0. The fourth-order valence-electron chi connectivity index (χ4n) is 5.63. The zero-order valence-corrected chi connectivity index (χ0v) is 54.2. The fraction of sp³-hybridized carbons (Fsp3) is 0.276. The standard InChI is InChI=1S/2C23H24N6.6C2H3N.6Mn.O/c2*1-23(14-27-20-11-5-2-8-17(20)24,15-28-21-12-6-3-9-18(21)25)16-29-22-13-7-4-10-19(22)26;6*1-2-3;;;;;;;/h2*2-13,24-26H,14-16H2,1H3;6*1H3;;;;;;;/q2*-6;;;;;;;4*+2;2*+3;-2. The number of hydrogen-bond donors (Lipinski definition) is 0. The van der Waals surface area contributed by atoms with Crippen molar-refractivity contribution in [1.82, 2.24) is 0 Å². The number of hydrogen-bond acceptors (Lipinski definition) is 6. The molecule has 0 aliphatic heterocycles. The molecule has 6 aromatic rings. The van der Waals surface area contributed by atoms with Gasteiger partial charge in [-0.05, 0) is 0 Å². The zero-order chi connectivity index (χ0) is 57.6. The first-order valence-corrected chi connectivity index (χ1v) is 23.2. The van der Waals surface area contributed by atoms with Gasteiger partial charge in [0.15, 0.2) is 0 Å². The quantitative estimate of drug-likeness (QED) is 0.0752. The molecule has 6 N–H and O–H groups in total. The second-order valence-electron chi connectivity index (χ2n) is 16.0. The van der Waals surface area contributed by atoms with Crippen molar-refractivity contribution in [3.63, 3.8) is 0 Å². The van der Waals surface area contributed by atoms with Gasteiger partial charge >= 0.3 is 102 Å². The molecule has 25 heteroatoms. The third-order valence-corrected chi connectivity index (χ3v) is 9.21. The smallest absolute Gasteiger partial charge is 2.00 e. The van der Waals surface area contributed by atoms with Gasteiger partial charge in [0.1, 0.15) is 0 Å². The van der Waals surface area contributed by atoms with Gasteiger partial charge in [-0.2, -0.15) is 99.8 Å². The van der Waals surface area contributed by atoms with Gasteiger partial charge in [0.2, 0.25) is 0 Å². The predicted molar refractivity (Wildman–Crippen MR) is 314 cm³/mol. The monoisotopic (exact) mass is 1360 g/mol. The Balaban J connectivity index is -0.000000137. The van der Waals surface area contributed by atoms with Gasteiger partial charge in [-0.15, -0.1) is 39.3 Å². The second kappa shape index (κ2) is 59.6. The Kier molecular flexibility index (Phi) is 68.3. The predicted octanol–water partition coefficient (Wildman–Crippen LogP) is 21.4. The summed E-state index contributed by atoms with van der Waals surface area (Å²) in [6.07, 6.45) is 0. The maximum absolute atomic E-state index is 8.02. The van der Waals surface area contributed by atoms with Crippen molar-refractivity contribution in [2.24, 2.45) is 10.8 Å². The van der Waals surface area contributed by atoms with Crippen molar-refractivity contribution in [2.75, 3.05) is 39.3 Å². The third kappa shape index (κ3) is 44.2. The van der Waals surface area contributed by atoms with Crippen molar-refractivity contribution in [3.8, 4) is 36.4 Å². The summed E-state index contributed by atoms with van der Waals surface area (Å²) in [4.78, 5) is 0. The minimum Gasteiger partial charge on any atom is -2.00 e. The van der Waals surface area contributed by atoms with E-state index in [2.05, 4.69) is 45.7 Å². The molecule has 0 bridgehead atoms. The van der Waals surface area contributed by atoms with Crippen LogP contribution in [0.2, 0.25) is 0 Å². The molecule has 436 valence electrons. The zero-order valence-electron chi connectivity index (χ0n) is 47.1. The van der Waals surface area contributed by atoms with Crippen LogP contribution >= 0.6 is 0 Å². The molecule has 0 aromatic heterocycles. The average Bonchev–Trinajstić information content (AvgIpc) is 3.39. The molecule has 0 aliphatic carbocycles. The van der Waals surface area contributed by atoms with E-state index in [4.69, 9.17) is 66.0 Å². The van der Waals surface area contributed by atoms with Crippen LogP contribution < -0.4 is 0 Å². The molecule has 83 heavy (non-hydrogen) atoms. The maximum Gasteiger partial charge on any atom is 3.00 e. The Morgan fingerprint density at radius 2 is 0.386 bits per heavy atom. The molecule has 0 amide bonds. The first-order valence-electron chi connectivity index (χ1n) is 23.2. The number of rotatable bonds is 18. The van der Waals surface area contributed by atoms with Gasteiger partial charge in [-0.3, -0.25) is 0 Å². The number of nitriles is 6. The van der Waals surface area contributed by atoms with Crippen LogP contribution in [0.25, 0.3) is 66.3 Å². The molecular weight excluding hydrogens is 1290 g/mol. The largest absolute Gasteiger partial charge is 3.00 e. The summed E-state index contributed by atoms with van der Waals surface area (Å²) in [6, 6.07) is 53.9. The minimum atomic E-state index is -0.410. The average molecular weight is 1360 g/mol. The Labute approximate surface area is 557 Å². The normalized spacial score (nSPS) is 8.31. The summed E-state index contributed by atoms with van der Waals surface area (Å²) in [5.74, 6) is 0. The molecule has 0 saturated heterocycles. The topological polar surface area (TPSA) is 399 Å². The number of nitrogens with one attached hydrogen (secondary N) is 6. The molecule has 4 radical (unpaired) electrons. The number of nitrogens with zero attached hydrogens (tertiary/aromatic N) is 12. The van der Waals surface area contributed by atoms with Crippen LogP contribution in [0.15, 0.2) is 146 Å². The van der Waals surface area contributed by atoms with Gasteiger partial charge in [0, 0.05) is 41.5 Å². The van der Waals surface area contributed by atoms with Crippen molar-refractivity contribution >= 4 is 68.2 Å². The van der Waals surface area contributed by atoms with Crippen LogP contribution in [0.4, 0.5) is 68.2 Å². The molecule has 0 aliphatic rings. The van der Waals surface area contributed by atoms with Crippen molar-refractivity contribution in [1.29, 1.82) is 31.6 Å². The van der Waals surface area contributed by atoms with Crippen LogP contribution in [0.3, 0.4) is 0 Å². The van der Waals surface area contributed by atoms with E-state index in [0.29, 0.717) is 108 Å². The van der Waals surface area contributed by atoms with Crippen molar-refractivity contribution < 1.29 is 108 Å². The molecule has 0 heterocycles. The van der Waals surface area contributed by atoms with E-state index >= 15 is 0 Å². The minimum absolute atomic E-state index is 0. The summed E-state index contributed by atoms with van der Waals surface area (Å²) in [5.41, 5.74) is 53.4. The Morgan fingerprint density at radius 3 is 0.482 bits per heavy atom. The van der Waals surface area contributed by atoms with E-state index < -0.39 is 10.8 Å². The van der Waals surface area contributed by atoms with Gasteiger partial charge in [-0.25, -0.2) is 0 Å². The molecule has 6 rings (SSSR count). The van der Waals surface area contributed by atoms with Gasteiger partial charge < -0.3 is 71.8 Å². The number of benzene rings is 6. The third-order valence-electron chi connectivity index (χ3n) is 9.21. The van der Waals surface area contributed by atoms with E-state index in [0.717, 1.165) is 0 Å². The second-order valence-corrected chi connectivity index (χ2v) is 16.0. The van der Waals surface area contributed by atoms with E-state index in [1.54, 1.807) is 72.8 Å². The van der Waals surface area contributed by atoms with Crippen LogP contribution in [0.1, 0.15) is 55.4 Å². The Hall–Kier alpha value is -7.06. The molecular formula is C58H66Mn6N18O. The van der Waals surface area contributed by atoms with E-state index in [9.17, 15) is 0 Å². The fourth-order valence-corrected chi connectivity index (χ4v) is 5.63. The van der Waals surface area contributed by atoms with Gasteiger partial charge in [-0.1, -0.05) is 170 Å². The summed E-state index contributed by atoms with van der Waals surface area (Å²) in [7, 11) is 0. The Bertz CT molecular complexity index is 2340. The molecule has 0 fully saturated rings. The van der Waals surface area contributed by atoms with E-state index in [-0.39, 0.29) is 108 Å². The van der Waals surface area contributed by atoms with Crippen LogP contribution in [0.5, 0.6) is 0 Å². The molecule has 0 unspecified atom stereocenters.